The van der Waals surface area contributed by atoms with Crippen LogP contribution in [0.3, 0.4) is 0 Å². The van der Waals surface area contributed by atoms with Crippen LogP contribution >= 0.6 is 11.6 Å². The Balaban J connectivity index is 1.73. The zero-order chi connectivity index (χ0) is 21.3. The molecule has 0 bridgehead atoms. The van der Waals surface area contributed by atoms with Gasteiger partial charge in [-0.15, -0.1) is 0 Å². The van der Waals surface area contributed by atoms with E-state index in [4.69, 9.17) is 11.6 Å². The summed E-state index contributed by atoms with van der Waals surface area (Å²) in [5.74, 6) is -0.285. The highest BCUT2D eigenvalue weighted by molar-refractivity contribution is 6.30. The van der Waals surface area contributed by atoms with Gasteiger partial charge in [-0.05, 0) is 35.7 Å². The van der Waals surface area contributed by atoms with Crippen molar-refractivity contribution in [1.82, 2.24) is 10.2 Å². The molecular weight excluding hydrogens is 396 g/mol. The maximum atomic E-state index is 13.1. The summed E-state index contributed by atoms with van der Waals surface area (Å²) in [6.07, 6.45) is 0.241. The summed E-state index contributed by atoms with van der Waals surface area (Å²) < 4.78 is 0. The number of nitrogens with zero attached hydrogens (tertiary/aromatic N) is 1. The largest absolute Gasteiger partial charge is 0.350 e. The third kappa shape index (κ3) is 6.19. The fourth-order valence-corrected chi connectivity index (χ4v) is 3.30. The number of halogens is 1. The molecule has 0 aliphatic carbocycles. The summed E-state index contributed by atoms with van der Waals surface area (Å²) in [5.41, 5.74) is 2.85. The zero-order valence-corrected chi connectivity index (χ0v) is 17.7. The standard InChI is InChI=1S/C25H25ClN2O2/c1-19(25(30)27-17-21-10-6-3-7-11-21)28(18-22-12-14-23(26)15-13-22)24(29)16-20-8-4-2-5-9-20/h2-15,19H,16-18H2,1H3,(H,27,30)/t19-/m1/s1. The van der Waals surface area contributed by atoms with Crippen LogP contribution in [-0.4, -0.2) is 22.8 Å². The molecule has 2 amide bonds. The Morgan fingerprint density at radius 3 is 2.00 bits per heavy atom. The Morgan fingerprint density at radius 2 is 1.40 bits per heavy atom. The second kappa shape index (κ2) is 10.6. The molecular formula is C25H25ClN2O2. The average Bonchev–Trinajstić information content (AvgIpc) is 2.78. The van der Waals surface area contributed by atoms with Crippen LogP contribution < -0.4 is 5.32 Å². The maximum absolute atomic E-state index is 13.1. The van der Waals surface area contributed by atoms with Crippen LogP contribution in [0.5, 0.6) is 0 Å². The van der Waals surface area contributed by atoms with Gasteiger partial charge < -0.3 is 10.2 Å². The van der Waals surface area contributed by atoms with Gasteiger partial charge in [0.25, 0.3) is 0 Å². The second-order valence-electron chi connectivity index (χ2n) is 7.19. The Kier molecular flexibility index (Phi) is 7.63. The normalized spacial score (nSPS) is 11.5. The lowest BCUT2D eigenvalue weighted by Gasteiger charge is -2.29. The van der Waals surface area contributed by atoms with E-state index >= 15 is 0 Å². The predicted octanol–water partition coefficient (Wildman–Crippen LogP) is 4.62. The van der Waals surface area contributed by atoms with Gasteiger partial charge >= 0.3 is 0 Å². The van der Waals surface area contributed by atoms with Gasteiger partial charge in [-0.25, -0.2) is 0 Å². The number of hydrogen-bond donors (Lipinski definition) is 1. The fourth-order valence-electron chi connectivity index (χ4n) is 3.17. The number of benzene rings is 3. The zero-order valence-electron chi connectivity index (χ0n) is 16.9. The van der Waals surface area contributed by atoms with E-state index in [2.05, 4.69) is 5.32 Å². The Labute approximate surface area is 182 Å². The minimum atomic E-state index is -0.611. The number of nitrogens with one attached hydrogen (secondary N) is 1. The number of rotatable bonds is 8. The van der Waals surface area contributed by atoms with E-state index in [1.165, 1.54) is 0 Å². The molecule has 3 rings (SSSR count). The van der Waals surface area contributed by atoms with E-state index in [0.717, 1.165) is 16.7 Å². The van der Waals surface area contributed by atoms with Gasteiger partial charge in [0.05, 0.1) is 6.42 Å². The molecule has 0 aromatic heterocycles. The van der Waals surface area contributed by atoms with Crippen LogP contribution in [0, 0.1) is 0 Å². The van der Waals surface area contributed by atoms with Crippen molar-refractivity contribution in [1.29, 1.82) is 0 Å². The lowest BCUT2D eigenvalue weighted by atomic mass is 10.1. The molecule has 0 unspecified atom stereocenters. The summed E-state index contributed by atoms with van der Waals surface area (Å²) in [6, 6.07) is 26.0. The monoisotopic (exact) mass is 420 g/mol. The molecule has 0 saturated carbocycles. The van der Waals surface area contributed by atoms with E-state index in [-0.39, 0.29) is 18.2 Å². The van der Waals surface area contributed by atoms with Gasteiger partial charge in [-0.2, -0.15) is 0 Å². The first-order valence-electron chi connectivity index (χ1n) is 9.92. The van der Waals surface area contributed by atoms with E-state index in [9.17, 15) is 9.59 Å². The second-order valence-corrected chi connectivity index (χ2v) is 7.63. The van der Waals surface area contributed by atoms with Crippen LogP contribution in [0.1, 0.15) is 23.6 Å². The molecule has 0 saturated heterocycles. The van der Waals surface area contributed by atoms with Crippen molar-refractivity contribution >= 4 is 23.4 Å². The molecule has 0 fully saturated rings. The van der Waals surface area contributed by atoms with Crippen molar-refractivity contribution in [2.24, 2.45) is 0 Å². The molecule has 0 radical (unpaired) electrons. The molecule has 3 aromatic rings. The van der Waals surface area contributed by atoms with Gasteiger partial charge in [0.15, 0.2) is 0 Å². The molecule has 1 atom stereocenters. The highest BCUT2D eigenvalue weighted by atomic mass is 35.5. The van der Waals surface area contributed by atoms with E-state index in [0.29, 0.717) is 18.1 Å². The van der Waals surface area contributed by atoms with Crippen molar-refractivity contribution in [2.75, 3.05) is 0 Å². The summed E-state index contributed by atoms with van der Waals surface area (Å²) in [6.45, 7) is 2.52. The molecule has 0 aliphatic rings. The summed E-state index contributed by atoms with van der Waals surface area (Å²) >= 11 is 5.99. The van der Waals surface area contributed by atoms with Gasteiger partial charge in [-0.1, -0.05) is 84.4 Å². The third-order valence-electron chi connectivity index (χ3n) is 4.94. The van der Waals surface area contributed by atoms with Crippen molar-refractivity contribution in [2.45, 2.75) is 32.5 Å². The molecule has 0 aliphatic heterocycles. The molecule has 0 heterocycles. The summed E-state index contributed by atoms with van der Waals surface area (Å²) in [4.78, 5) is 27.6. The fraction of sp³-hybridized carbons (Fsp3) is 0.200. The molecule has 3 aromatic carbocycles. The molecule has 154 valence electrons. The maximum Gasteiger partial charge on any atom is 0.242 e. The predicted molar refractivity (Wildman–Crippen MR) is 120 cm³/mol. The Bertz CT molecular complexity index is 959. The Morgan fingerprint density at radius 1 is 0.833 bits per heavy atom. The summed E-state index contributed by atoms with van der Waals surface area (Å²) in [7, 11) is 0. The van der Waals surface area contributed by atoms with Gasteiger partial charge in [0.2, 0.25) is 11.8 Å². The molecule has 5 heteroatoms. The van der Waals surface area contributed by atoms with Crippen molar-refractivity contribution in [3.63, 3.8) is 0 Å². The molecule has 1 N–H and O–H groups in total. The topological polar surface area (TPSA) is 49.4 Å². The van der Waals surface area contributed by atoms with Crippen molar-refractivity contribution in [3.8, 4) is 0 Å². The first-order chi connectivity index (χ1) is 14.5. The van der Waals surface area contributed by atoms with Crippen molar-refractivity contribution in [3.05, 3.63) is 107 Å². The van der Waals surface area contributed by atoms with Gasteiger partial charge in [0.1, 0.15) is 6.04 Å². The van der Waals surface area contributed by atoms with Crippen LogP contribution in [0.4, 0.5) is 0 Å². The van der Waals surface area contributed by atoms with Crippen LogP contribution in [0.25, 0.3) is 0 Å². The minimum Gasteiger partial charge on any atom is -0.350 e. The lowest BCUT2D eigenvalue weighted by Crippen LogP contribution is -2.47. The number of amides is 2. The van der Waals surface area contributed by atoms with Crippen LogP contribution in [0.15, 0.2) is 84.9 Å². The van der Waals surface area contributed by atoms with E-state index in [1.54, 1.807) is 24.0 Å². The number of hydrogen-bond acceptors (Lipinski definition) is 2. The first kappa shape index (κ1) is 21.6. The number of carbonyl (C=O) groups is 2. The van der Waals surface area contributed by atoms with E-state index in [1.807, 2.05) is 72.8 Å². The third-order valence-corrected chi connectivity index (χ3v) is 5.19. The van der Waals surface area contributed by atoms with Crippen LogP contribution in [-0.2, 0) is 29.1 Å². The van der Waals surface area contributed by atoms with E-state index < -0.39 is 6.04 Å². The molecule has 30 heavy (non-hydrogen) atoms. The van der Waals surface area contributed by atoms with Crippen molar-refractivity contribution < 1.29 is 9.59 Å². The van der Waals surface area contributed by atoms with Gasteiger partial charge in [0, 0.05) is 18.1 Å². The lowest BCUT2D eigenvalue weighted by molar-refractivity contribution is -0.140. The first-order valence-corrected chi connectivity index (χ1v) is 10.3. The highest BCUT2D eigenvalue weighted by Crippen LogP contribution is 2.15. The van der Waals surface area contributed by atoms with Crippen LogP contribution in [0.2, 0.25) is 5.02 Å². The smallest absolute Gasteiger partial charge is 0.242 e. The SMILES string of the molecule is C[C@H](C(=O)NCc1ccccc1)N(Cc1ccc(Cl)cc1)C(=O)Cc1ccccc1. The molecule has 4 nitrogen and oxygen atoms in total. The summed E-state index contributed by atoms with van der Waals surface area (Å²) in [5, 5.41) is 3.57. The quantitative estimate of drug-likeness (QED) is 0.578. The highest BCUT2D eigenvalue weighted by Gasteiger charge is 2.26. The minimum absolute atomic E-state index is 0.0986. The van der Waals surface area contributed by atoms with Gasteiger partial charge in [-0.3, -0.25) is 9.59 Å². The average molecular weight is 421 g/mol. The Hall–Kier alpha value is -3.11. The number of carbonyl (C=O) groups excluding carboxylic acids is 2. The molecule has 0 spiro atoms.